The van der Waals surface area contributed by atoms with E-state index in [2.05, 4.69) is 25.9 Å². The van der Waals surface area contributed by atoms with Crippen molar-refractivity contribution in [1.82, 2.24) is 9.97 Å². The lowest BCUT2D eigenvalue weighted by atomic mass is 10.2. The number of halogens is 1. The molecule has 1 aromatic heterocycles. The first-order valence-corrected chi connectivity index (χ1v) is 4.26. The standard InChI is InChI=1S/C9H4BrN3/c10-7-2-1-6(5-11)8-9(7)13-4-3-12-8/h1-4H/i3D,4D. The average Bonchev–Trinajstić information content (AvgIpc) is 2.22. The highest BCUT2D eigenvalue weighted by molar-refractivity contribution is 9.10. The Hall–Kier alpha value is -1.47. The molecule has 0 fully saturated rings. The third kappa shape index (κ3) is 1.27. The molecular weight excluding hydrogens is 230 g/mol. The van der Waals surface area contributed by atoms with Crippen LogP contribution >= 0.6 is 15.9 Å². The van der Waals surface area contributed by atoms with Gasteiger partial charge in [-0.05, 0) is 28.1 Å². The normalized spacial score (nSPS) is 12.0. The van der Waals surface area contributed by atoms with Gasteiger partial charge in [0, 0.05) is 16.8 Å². The summed E-state index contributed by atoms with van der Waals surface area (Å²) in [7, 11) is 0. The maximum atomic E-state index is 8.85. The summed E-state index contributed by atoms with van der Waals surface area (Å²) in [5.74, 6) is 0. The van der Waals surface area contributed by atoms with Crippen molar-refractivity contribution in [3.8, 4) is 6.07 Å². The molecule has 0 atom stereocenters. The van der Waals surface area contributed by atoms with Gasteiger partial charge in [0.1, 0.15) is 17.1 Å². The summed E-state index contributed by atoms with van der Waals surface area (Å²) in [5, 5.41) is 8.85. The molecule has 4 heteroatoms. The van der Waals surface area contributed by atoms with Crippen LogP contribution in [0.2, 0.25) is 0 Å². The minimum absolute atomic E-state index is 0.196. The number of benzene rings is 1. The summed E-state index contributed by atoms with van der Waals surface area (Å²) in [5.41, 5.74) is 1.15. The first kappa shape index (κ1) is 6.06. The van der Waals surface area contributed by atoms with E-state index in [0.717, 1.165) is 0 Å². The predicted molar refractivity (Wildman–Crippen MR) is 52.0 cm³/mol. The Labute approximate surface area is 86.0 Å². The predicted octanol–water partition coefficient (Wildman–Crippen LogP) is 2.26. The Kier molecular flexibility index (Phi) is 1.45. The lowest BCUT2D eigenvalue weighted by Crippen LogP contribution is -1.87. The fraction of sp³-hybridized carbons (Fsp3) is 0. The molecule has 13 heavy (non-hydrogen) atoms. The molecule has 1 heterocycles. The van der Waals surface area contributed by atoms with Gasteiger partial charge >= 0.3 is 0 Å². The molecule has 0 amide bonds. The monoisotopic (exact) mass is 235 g/mol. The molecular formula is C9H4BrN3. The molecule has 2 aromatic rings. The molecule has 3 nitrogen and oxygen atoms in total. The summed E-state index contributed by atoms with van der Waals surface area (Å²) in [4.78, 5) is 7.77. The van der Waals surface area contributed by atoms with Crippen LogP contribution in [-0.2, 0) is 0 Å². The Bertz CT molecular complexity index is 592. The van der Waals surface area contributed by atoms with Crippen molar-refractivity contribution in [3.05, 3.63) is 34.5 Å². The van der Waals surface area contributed by atoms with Gasteiger partial charge in [0.25, 0.3) is 0 Å². The van der Waals surface area contributed by atoms with Crippen molar-refractivity contribution >= 4 is 27.0 Å². The van der Waals surface area contributed by atoms with Crippen molar-refractivity contribution in [2.75, 3.05) is 0 Å². The van der Waals surface area contributed by atoms with Crippen molar-refractivity contribution < 1.29 is 2.74 Å². The summed E-state index contributed by atoms with van der Waals surface area (Å²) in [6.07, 6.45) is -0.421. The molecule has 0 radical (unpaired) electrons. The summed E-state index contributed by atoms with van der Waals surface area (Å²) in [6, 6.07) is 5.26. The van der Waals surface area contributed by atoms with Gasteiger partial charge < -0.3 is 0 Å². The maximum absolute atomic E-state index is 8.85. The Morgan fingerprint density at radius 2 is 2.00 bits per heavy atom. The van der Waals surface area contributed by atoms with Crippen molar-refractivity contribution in [1.29, 1.82) is 5.26 Å². The minimum atomic E-state index is -0.225. The van der Waals surface area contributed by atoms with Gasteiger partial charge in [-0.1, -0.05) is 0 Å². The van der Waals surface area contributed by atoms with E-state index in [9.17, 15) is 0 Å². The second kappa shape index (κ2) is 3.11. The summed E-state index contributed by atoms with van der Waals surface area (Å²) >= 11 is 3.26. The van der Waals surface area contributed by atoms with Gasteiger partial charge in [0.15, 0.2) is 0 Å². The average molecular weight is 236 g/mol. The molecule has 0 aliphatic carbocycles. The molecule has 0 bridgehead atoms. The van der Waals surface area contributed by atoms with E-state index in [0.29, 0.717) is 21.1 Å². The molecule has 0 spiro atoms. The van der Waals surface area contributed by atoms with Gasteiger partial charge in [-0.15, -0.1) is 0 Å². The molecule has 1 aromatic carbocycles. The van der Waals surface area contributed by atoms with E-state index in [-0.39, 0.29) is 12.3 Å². The Morgan fingerprint density at radius 1 is 1.31 bits per heavy atom. The minimum Gasteiger partial charge on any atom is -0.252 e. The van der Waals surface area contributed by atoms with Crippen LogP contribution < -0.4 is 0 Å². The number of hydrogen-bond donors (Lipinski definition) is 0. The van der Waals surface area contributed by atoms with E-state index >= 15 is 0 Å². The molecule has 0 aliphatic heterocycles. The topological polar surface area (TPSA) is 49.6 Å². The van der Waals surface area contributed by atoms with Gasteiger partial charge in [0.2, 0.25) is 0 Å². The zero-order valence-corrected chi connectivity index (χ0v) is 7.96. The molecule has 0 saturated heterocycles. The fourth-order valence-corrected chi connectivity index (χ4v) is 1.44. The maximum Gasteiger partial charge on any atom is 0.108 e. The third-order valence-corrected chi connectivity index (χ3v) is 2.25. The SMILES string of the molecule is [2H]c1nc2c(Br)ccc(C#N)c2nc1[2H]. The number of rotatable bonds is 0. The van der Waals surface area contributed by atoms with E-state index < -0.39 is 0 Å². The quantitative estimate of drug-likeness (QED) is 0.704. The van der Waals surface area contributed by atoms with Crippen LogP contribution in [0.3, 0.4) is 0 Å². The first-order chi connectivity index (χ1) is 7.13. The third-order valence-electron chi connectivity index (χ3n) is 1.61. The van der Waals surface area contributed by atoms with Gasteiger partial charge in [-0.2, -0.15) is 5.26 Å². The number of aromatic nitrogens is 2. The highest BCUT2D eigenvalue weighted by Gasteiger charge is 2.04. The van der Waals surface area contributed by atoms with Crippen LogP contribution in [0.4, 0.5) is 0 Å². The zero-order chi connectivity index (χ0) is 11.0. The molecule has 0 unspecified atom stereocenters. The first-order valence-electron chi connectivity index (χ1n) is 4.47. The van der Waals surface area contributed by atoms with Crippen LogP contribution in [0, 0.1) is 11.3 Å². The second-order valence-electron chi connectivity index (χ2n) is 2.35. The highest BCUT2D eigenvalue weighted by atomic mass is 79.9. The van der Waals surface area contributed by atoms with Gasteiger partial charge in [-0.3, -0.25) is 9.97 Å². The number of nitriles is 1. The van der Waals surface area contributed by atoms with Crippen molar-refractivity contribution in [2.24, 2.45) is 0 Å². The van der Waals surface area contributed by atoms with Crippen LogP contribution in [0.5, 0.6) is 0 Å². The molecule has 62 valence electrons. The highest BCUT2D eigenvalue weighted by Crippen LogP contribution is 2.22. The summed E-state index contributed by atoms with van der Waals surface area (Å²) < 4.78 is 15.4. The molecule has 0 saturated carbocycles. The lowest BCUT2D eigenvalue weighted by molar-refractivity contribution is 1.28. The zero-order valence-electron chi connectivity index (χ0n) is 8.37. The Morgan fingerprint density at radius 3 is 2.69 bits per heavy atom. The van der Waals surface area contributed by atoms with Crippen molar-refractivity contribution in [2.45, 2.75) is 0 Å². The van der Waals surface area contributed by atoms with Gasteiger partial charge in [-0.25, -0.2) is 0 Å². The molecule has 2 rings (SSSR count). The number of fused-ring (bicyclic) bond motifs is 1. The Balaban J connectivity index is 2.96. The van der Waals surface area contributed by atoms with E-state index in [1.54, 1.807) is 12.1 Å². The van der Waals surface area contributed by atoms with Crippen LogP contribution in [0.1, 0.15) is 8.30 Å². The molecule has 0 N–H and O–H groups in total. The summed E-state index contributed by atoms with van der Waals surface area (Å²) in [6.45, 7) is 0. The van der Waals surface area contributed by atoms with Crippen LogP contribution in [-0.4, -0.2) is 9.97 Å². The van der Waals surface area contributed by atoms with E-state index in [4.69, 9.17) is 8.00 Å². The van der Waals surface area contributed by atoms with Crippen LogP contribution in [0.25, 0.3) is 11.0 Å². The van der Waals surface area contributed by atoms with E-state index in [1.165, 1.54) is 0 Å². The second-order valence-corrected chi connectivity index (χ2v) is 3.21. The lowest BCUT2D eigenvalue weighted by Gasteiger charge is -1.98. The van der Waals surface area contributed by atoms with Crippen molar-refractivity contribution in [3.63, 3.8) is 0 Å². The fourth-order valence-electron chi connectivity index (χ4n) is 1.03. The van der Waals surface area contributed by atoms with E-state index in [1.807, 2.05) is 6.07 Å². The number of hydrogen-bond acceptors (Lipinski definition) is 3. The van der Waals surface area contributed by atoms with Crippen LogP contribution in [0.15, 0.2) is 29.0 Å². The largest absolute Gasteiger partial charge is 0.252 e. The van der Waals surface area contributed by atoms with Gasteiger partial charge in [0.05, 0.1) is 8.30 Å². The number of nitrogens with zero attached hydrogens (tertiary/aromatic N) is 3. The molecule has 0 aliphatic rings. The smallest absolute Gasteiger partial charge is 0.108 e.